The van der Waals surface area contributed by atoms with Crippen molar-refractivity contribution in [2.75, 3.05) is 6.54 Å². The van der Waals surface area contributed by atoms with Crippen LogP contribution in [0.4, 0.5) is 0 Å². The Bertz CT molecular complexity index is 1010. The minimum atomic E-state index is -0.467. The first-order chi connectivity index (χ1) is 15.1. The lowest BCUT2D eigenvalue weighted by molar-refractivity contribution is -0.125. The van der Waals surface area contributed by atoms with Gasteiger partial charge in [-0.3, -0.25) is 14.9 Å². The van der Waals surface area contributed by atoms with E-state index in [-0.39, 0.29) is 29.4 Å². The van der Waals surface area contributed by atoms with Crippen LogP contribution in [-0.2, 0) is 16.1 Å². The molecule has 1 aromatic carbocycles. The van der Waals surface area contributed by atoms with E-state index in [4.69, 9.17) is 4.99 Å². The lowest BCUT2D eigenvalue weighted by Crippen LogP contribution is -2.56. The zero-order valence-corrected chi connectivity index (χ0v) is 18.8. The monoisotopic (exact) mass is 455 g/mol. The largest absolute Gasteiger partial charge is 0.350 e. The summed E-state index contributed by atoms with van der Waals surface area (Å²) in [7, 11) is 0. The van der Waals surface area contributed by atoms with Gasteiger partial charge in [-0.15, -0.1) is 11.3 Å². The van der Waals surface area contributed by atoms with Crippen LogP contribution >= 0.6 is 23.1 Å². The van der Waals surface area contributed by atoms with Crippen LogP contribution in [0.15, 0.2) is 47.5 Å². The molecule has 0 saturated carbocycles. The van der Waals surface area contributed by atoms with Crippen LogP contribution in [0.2, 0.25) is 0 Å². The number of nitrogens with zero attached hydrogens (tertiary/aromatic N) is 2. The van der Waals surface area contributed by atoms with Crippen LogP contribution < -0.4 is 16.0 Å². The summed E-state index contributed by atoms with van der Waals surface area (Å²) in [5, 5.41) is 10.3. The number of fused-ring (bicyclic) bond motifs is 1. The summed E-state index contributed by atoms with van der Waals surface area (Å²) in [6.07, 6.45) is 1.54. The molecule has 0 bridgehead atoms. The molecule has 0 spiro atoms. The van der Waals surface area contributed by atoms with Crippen molar-refractivity contribution in [3.8, 4) is 0 Å². The first kappa shape index (κ1) is 20.5. The number of aryl methyl sites for hydroxylation is 1. The summed E-state index contributed by atoms with van der Waals surface area (Å²) in [5.74, 6) is -0.0459. The molecule has 4 atom stereocenters. The van der Waals surface area contributed by atoms with Crippen LogP contribution in [0.5, 0.6) is 0 Å². The third-order valence-corrected chi connectivity index (χ3v) is 8.08. The highest BCUT2D eigenvalue weighted by molar-refractivity contribution is 8.14. The molecule has 3 unspecified atom stereocenters. The number of likely N-dealkylation sites (tertiary alicyclic amines) is 1. The minimum absolute atomic E-state index is 0.0175. The van der Waals surface area contributed by atoms with Crippen molar-refractivity contribution in [3.63, 3.8) is 0 Å². The van der Waals surface area contributed by atoms with Crippen molar-refractivity contribution in [3.05, 3.63) is 57.8 Å². The van der Waals surface area contributed by atoms with Gasteiger partial charge in [-0.05, 0) is 37.5 Å². The van der Waals surface area contributed by atoms with Gasteiger partial charge in [0.1, 0.15) is 12.2 Å². The van der Waals surface area contributed by atoms with E-state index in [0.717, 1.165) is 35.0 Å². The predicted octanol–water partition coefficient (Wildman–Crippen LogP) is 2.35. The number of amides is 2. The second kappa shape index (κ2) is 8.64. The first-order valence-corrected chi connectivity index (χ1v) is 12.2. The van der Waals surface area contributed by atoms with Crippen LogP contribution in [0.25, 0.3) is 0 Å². The molecule has 1 aromatic heterocycles. The standard InChI is InChI=1S/C22H25N5O2S2/c1-13-9-10-16(30-13)18-25-20(29)17-21(26-18)31-22(24-17)27-11-5-8-15(27)19(28)23-12-14-6-3-2-4-7-14/h2-4,6-7,9-10,15,17-18,21,26H,5,8,11-12H2,1H3,(H,23,28)(H,25,29)/t15-,17?,18?,21?/m1/s1. The maximum atomic E-state index is 12.9. The van der Waals surface area contributed by atoms with Gasteiger partial charge in [-0.2, -0.15) is 0 Å². The van der Waals surface area contributed by atoms with E-state index in [1.165, 1.54) is 4.88 Å². The van der Waals surface area contributed by atoms with Gasteiger partial charge in [0.2, 0.25) is 11.8 Å². The Morgan fingerprint density at radius 1 is 1.26 bits per heavy atom. The van der Waals surface area contributed by atoms with Crippen molar-refractivity contribution in [2.24, 2.45) is 4.99 Å². The number of rotatable bonds is 4. The average molecular weight is 456 g/mol. The van der Waals surface area contributed by atoms with E-state index in [9.17, 15) is 9.59 Å². The molecule has 5 rings (SSSR count). The Balaban J connectivity index is 1.24. The molecule has 9 heteroatoms. The van der Waals surface area contributed by atoms with Gasteiger partial charge in [0, 0.05) is 22.8 Å². The summed E-state index contributed by atoms with van der Waals surface area (Å²) in [4.78, 5) is 34.7. The molecule has 2 saturated heterocycles. The number of carbonyl (C=O) groups is 2. The molecule has 0 aliphatic carbocycles. The molecule has 2 aromatic rings. The van der Waals surface area contributed by atoms with Crippen molar-refractivity contribution in [1.82, 2.24) is 20.9 Å². The SMILES string of the molecule is Cc1ccc(C2NC(=O)C3N=C(N4CCC[C@@H]4C(=O)NCc4ccccc4)SC3N2)s1. The van der Waals surface area contributed by atoms with Gasteiger partial charge in [0.25, 0.3) is 0 Å². The lowest BCUT2D eigenvalue weighted by atomic mass is 10.2. The van der Waals surface area contributed by atoms with E-state index in [1.807, 2.05) is 36.4 Å². The number of thiophene rings is 1. The molecule has 3 aliphatic heterocycles. The lowest BCUT2D eigenvalue weighted by Gasteiger charge is -2.31. The van der Waals surface area contributed by atoms with E-state index in [0.29, 0.717) is 6.54 Å². The molecule has 3 N–H and O–H groups in total. The number of nitrogens with one attached hydrogen (secondary N) is 3. The fraction of sp³-hybridized carbons (Fsp3) is 0.409. The molecular formula is C22H25N5O2S2. The van der Waals surface area contributed by atoms with Gasteiger partial charge in [-0.1, -0.05) is 42.1 Å². The summed E-state index contributed by atoms with van der Waals surface area (Å²) >= 11 is 3.24. The summed E-state index contributed by atoms with van der Waals surface area (Å²) in [6, 6.07) is 13.3. The van der Waals surface area contributed by atoms with E-state index < -0.39 is 6.04 Å². The Labute approximate surface area is 189 Å². The van der Waals surface area contributed by atoms with E-state index in [2.05, 4.69) is 33.8 Å². The Hall–Kier alpha value is -2.36. The van der Waals surface area contributed by atoms with Gasteiger partial charge >= 0.3 is 0 Å². The van der Waals surface area contributed by atoms with Crippen molar-refractivity contribution < 1.29 is 9.59 Å². The zero-order valence-electron chi connectivity index (χ0n) is 17.2. The molecule has 2 amide bonds. The highest BCUT2D eigenvalue weighted by Crippen LogP contribution is 2.35. The Morgan fingerprint density at radius 2 is 2.10 bits per heavy atom. The summed E-state index contributed by atoms with van der Waals surface area (Å²) in [6.45, 7) is 3.36. The average Bonchev–Trinajstić information content (AvgIpc) is 3.51. The highest BCUT2D eigenvalue weighted by atomic mass is 32.2. The molecule has 7 nitrogen and oxygen atoms in total. The van der Waals surface area contributed by atoms with Gasteiger partial charge in [-0.25, -0.2) is 4.99 Å². The second-order valence-corrected chi connectivity index (χ2v) is 10.4. The van der Waals surface area contributed by atoms with Crippen molar-refractivity contribution in [1.29, 1.82) is 0 Å². The molecule has 31 heavy (non-hydrogen) atoms. The number of hydrogen-bond donors (Lipinski definition) is 3. The Kier molecular flexibility index (Phi) is 5.73. The van der Waals surface area contributed by atoms with Crippen LogP contribution in [0, 0.1) is 6.92 Å². The quantitative estimate of drug-likeness (QED) is 0.659. The maximum absolute atomic E-state index is 12.9. The molecule has 3 aliphatic rings. The van der Waals surface area contributed by atoms with E-state index >= 15 is 0 Å². The molecule has 162 valence electrons. The number of thioether (sulfide) groups is 1. The topological polar surface area (TPSA) is 85.8 Å². The summed E-state index contributed by atoms with van der Waals surface area (Å²) < 4.78 is 0. The number of amidine groups is 1. The maximum Gasteiger partial charge on any atom is 0.248 e. The van der Waals surface area contributed by atoms with Gasteiger partial charge in [0.15, 0.2) is 11.2 Å². The third-order valence-electron chi connectivity index (χ3n) is 5.81. The second-order valence-electron chi connectivity index (χ2n) is 8.01. The highest BCUT2D eigenvalue weighted by Gasteiger charge is 2.45. The summed E-state index contributed by atoms with van der Waals surface area (Å²) in [5.41, 5.74) is 1.08. The fourth-order valence-electron chi connectivity index (χ4n) is 4.22. The molecule has 0 radical (unpaired) electrons. The van der Waals surface area contributed by atoms with Gasteiger partial charge in [0.05, 0.1) is 5.37 Å². The number of hydrogen-bond acceptors (Lipinski definition) is 7. The van der Waals surface area contributed by atoms with E-state index in [1.54, 1.807) is 23.1 Å². The number of aliphatic imine (C=N–C) groups is 1. The smallest absolute Gasteiger partial charge is 0.248 e. The van der Waals surface area contributed by atoms with Crippen LogP contribution in [0.1, 0.15) is 34.3 Å². The third kappa shape index (κ3) is 4.22. The van der Waals surface area contributed by atoms with Crippen molar-refractivity contribution in [2.45, 2.75) is 49.9 Å². The number of benzene rings is 1. The van der Waals surface area contributed by atoms with Gasteiger partial charge < -0.3 is 15.5 Å². The minimum Gasteiger partial charge on any atom is -0.350 e. The molecular weight excluding hydrogens is 430 g/mol. The van der Waals surface area contributed by atoms with Crippen LogP contribution in [0.3, 0.4) is 0 Å². The predicted molar refractivity (Wildman–Crippen MR) is 124 cm³/mol. The Morgan fingerprint density at radius 3 is 2.87 bits per heavy atom. The van der Waals surface area contributed by atoms with Crippen LogP contribution in [-0.4, -0.2) is 45.9 Å². The number of carbonyl (C=O) groups excluding carboxylic acids is 2. The van der Waals surface area contributed by atoms with Crippen molar-refractivity contribution >= 4 is 40.1 Å². The zero-order chi connectivity index (χ0) is 21.4. The first-order valence-electron chi connectivity index (χ1n) is 10.5. The fourth-order valence-corrected chi connectivity index (χ4v) is 6.39. The molecule has 4 heterocycles. The normalized spacial score (nSPS) is 27.6. The molecule has 2 fully saturated rings.